The fraction of sp³-hybridized carbons (Fsp3) is 0.286. The van der Waals surface area contributed by atoms with Crippen LogP contribution in [-0.4, -0.2) is 52.7 Å². The van der Waals surface area contributed by atoms with E-state index in [0.717, 1.165) is 17.2 Å². The molecule has 1 N–H and O–H groups in total. The summed E-state index contributed by atoms with van der Waals surface area (Å²) in [5, 5.41) is 3.92. The average molecular weight is 429 g/mol. The molecule has 0 saturated carbocycles. The van der Waals surface area contributed by atoms with Crippen molar-refractivity contribution in [1.82, 2.24) is 15.1 Å². The Bertz CT molecular complexity index is 935. The number of amidine groups is 1. The first kappa shape index (κ1) is 19.8. The van der Waals surface area contributed by atoms with Crippen LogP contribution in [-0.2, 0) is 17.0 Å². The van der Waals surface area contributed by atoms with Gasteiger partial charge in [0.15, 0.2) is 17.4 Å². The number of carbonyl (C=O) groups excluding carboxylic acids is 2. The van der Waals surface area contributed by atoms with Crippen molar-refractivity contribution in [1.29, 1.82) is 0 Å². The minimum Gasteiger partial charge on any atom is -0.335 e. The van der Waals surface area contributed by atoms with Crippen LogP contribution in [0.1, 0.15) is 11.1 Å². The number of nitrogens with zero attached hydrogens (tertiary/aromatic N) is 3. The molecule has 3 amide bonds. The first-order chi connectivity index (χ1) is 14.0. The lowest BCUT2D eigenvalue weighted by molar-refractivity contribution is -0.127. The molecule has 2 atom stereocenters. The summed E-state index contributed by atoms with van der Waals surface area (Å²) in [6, 6.07) is 16.9. The third kappa shape index (κ3) is 4.26. The number of urea groups is 1. The lowest BCUT2D eigenvalue weighted by atomic mass is 10.1. The highest BCUT2D eigenvalue weighted by Crippen LogP contribution is 2.30. The van der Waals surface area contributed by atoms with Crippen molar-refractivity contribution in [2.24, 2.45) is 4.99 Å². The summed E-state index contributed by atoms with van der Waals surface area (Å²) in [5.74, 6) is 0.410. The number of thioether (sulfide) groups is 1. The maximum Gasteiger partial charge on any atom is 0.325 e. The van der Waals surface area contributed by atoms with Gasteiger partial charge in [0, 0.05) is 24.4 Å². The molecule has 29 heavy (non-hydrogen) atoms. The van der Waals surface area contributed by atoms with Crippen molar-refractivity contribution in [3.05, 3.63) is 70.7 Å². The molecule has 6 nitrogen and oxygen atoms in total. The molecular weight excluding hydrogens is 408 g/mol. The van der Waals surface area contributed by atoms with Crippen molar-refractivity contribution >= 4 is 40.5 Å². The summed E-state index contributed by atoms with van der Waals surface area (Å²) in [6.07, 6.45) is 0.287. The van der Waals surface area contributed by atoms with E-state index < -0.39 is 18.2 Å². The molecule has 150 valence electrons. The van der Waals surface area contributed by atoms with Crippen molar-refractivity contribution in [2.75, 3.05) is 13.6 Å². The highest BCUT2D eigenvalue weighted by atomic mass is 35.5. The molecule has 2 aliphatic rings. The van der Waals surface area contributed by atoms with E-state index in [-0.39, 0.29) is 5.91 Å². The van der Waals surface area contributed by atoms with E-state index in [1.54, 1.807) is 18.8 Å². The minimum absolute atomic E-state index is 0.294. The van der Waals surface area contributed by atoms with Gasteiger partial charge in [0.05, 0.1) is 0 Å². The van der Waals surface area contributed by atoms with Crippen molar-refractivity contribution in [3.63, 3.8) is 0 Å². The van der Waals surface area contributed by atoms with Gasteiger partial charge in [0.1, 0.15) is 0 Å². The predicted molar refractivity (Wildman–Crippen MR) is 116 cm³/mol. The Kier molecular flexibility index (Phi) is 5.78. The number of hydrogen-bond acceptors (Lipinski definition) is 5. The largest absolute Gasteiger partial charge is 0.335 e. The molecule has 1 saturated heterocycles. The SMILES string of the molecule is CN1C(=O)NC(=O)C2C1N=C(SCc1ccc(Cl)cc1)N2CCc1ccccc1. The minimum atomic E-state index is -0.505. The number of fused-ring (bicyclic) bond motifs is 1. The van der Waals surface area contributed by atoms with Crippen molar-refractivity contribution in [2.45, 2.75) is 24.4 Å². The lowest BCUT2D eigenvalue weighted by Crippen LogP contribution is -2.63. The normalized spacial score (nSPS) is 21.1. The third-order valence-electron chi connectivity index (χ3n) is 5.09. The number of imide groups is 1. The number of carbonyl (C=O) groups is 2. The zero-order chi connectivity index (χ0) is 20.4. The van der Waals surface area contributed by atoms with E-state index in [1.165, 1.54) is 10.5 Å². The van der Waals surface area contributed by atoms with Gasteiger partial charge in [-0.2, -0.15) is 0 Å². The van der Waals surface area contributed by atoms with Gasteiger partial charge >= 0.3 is 6.03 Å². The van der Waals surface area contributed by atoms with E-state index in [0.29, 0.717) is 17.3 Å². The molecule has 0 aromatic heterocycles. The first-order valence-corrected chi connectivity index (χ1v) is 10.7. The summed E-state index contributed by atoms with van der Waals surface area (Å²) in [6.45, 7) is 0.646. The Hall–Kier alpha value is -2.51. The van der Waals surface area contributed by atoms with Crippen LogP contribution in [0.4, 0.5) is 4.79 Å². The molecule has 0 radical (unpaired) electrons. The van der Waals surface area contributed by atoms with Gasteiger partial charge in [0.2, 0.25) is 0 Å². The molecule has 2 heterocycles. The van der Waals surface area contributed by atoms with Crippen molar-refractivity contribution in [3.8, 4) is 0 Å². The Balaban J connectivity index is 1.54. The van der Waals surface area contributed by atoms with Gasteiger partial charge in [-0.25, -0.2) is 9.79 Å². The van der Waals surface area contributed by atoms with E-state index in [2.05, 4.69) is 17.4 Å². The maximum absolute atomic E-state index is 12.6. The summed E-state index contributed by atoms with van der Waals surface area (Å²) >= 11 is 7.54. The van der Waals surface area contributed by atoms with E-state index >= 15 is 0 Å². The molecule has 1 fully saturated rings. The van der Waals surface area contributed by atoms with E-state index in [4.69, 9.17) is 16.6 Å². The van der Waals surface area contributed by atoms with Gasteiger partial charge in [-0.3, -0.25) is 10.1 Å². The monoisotopic (exact) mass is 428 g/mol. The molecule has 2 aromatic rings. The topological polar surface area (TPSA) is 65.0 Å². The quantitative estimate of drug-likeness (QED) is 0.793. The number of likely N-dealkylation sites (N-methyl/N-ethyl adjacent to an activating group) is 1. The number of nitrogens with one attached hydrogen (secondary N) is 1. The summed E-state index contributed by atoms with van der Waals surface area (Å²) < 4.78 is 0. The third-order valence-corrected chi connectivity index (χ3v) is 6.42. The zero-order valence-corrected chi connectivity index (χ0v) is 17.5. The molecule has 2 unspecified atom stereocenters. The van der Waals surface area contributed by atoms with Crippen LogP contribution in [0.5, 0.6) is 0 Å². The Morgan fingerprint density at radius 2 is 1.79 bits per heavy atom. The number of hydrogen-bond donors (Lipinski definition) is 1. The second-order valence-corrected chi connectivity index (χ2v) is 8.40. The maximum atomic E-state index is 12.6. The van der Waals surface area contributed by atoms with Gasteiger partial charge in [-0.1, -0.05) is 65.8 Å². The number of rotatable bonds is 5. The highest BCUT2D eigenvalue weighted by molar-refractivity contribution is 8.13. The smallest absolute Gasteiger partial charge is 0.325 e. The van der Waals surface area contributed by atoms with Gasteiger partial charge in [0.25, 0.3) is 5.91 Å². The molecule has 2 aliphatic heterocycles. The van der Waals surface area contributed by atoms with Crippen LogP contribution >= 0.6 is 23.4 Å². The summed E-state index contributed by atoms with van der Waals surface area (Å²) in [5.41, 5.74) is 2.31. The number of amides is 3. The van der Waals surface area contributed by atoms with Gasteiger partial charge in [-0.15, -0.1) is 0 Å². The molecular formula is C21H21ClN4O2S. The average Bonchev–Trinajstić information content (AvgIpc) is 3.10. The second kappa shape index (κ2) is 8.47. The molecule has 0 aliphatic carbocycles. The van der Waals surface area contributed by atoms with Crippen LogP contribution in [0.25, 0.3) is 0 Å². The zero-order valence-electron chi connectivity index (χ0n) is 15.9. The fourth-order valence-corrected chi connectivity index (χ4v) is 4.65. The number of benzene rings is 2. The predicted octanol–water partition coefficient (Wildman–Crippen LogP) is 3.36. The molecule has 8 heteroatoms. The fourth-order valence-electron chi connectivity index (χ4n) is 3.48. The number of halogens is 1. The summed E-state index contributed by atoms with van der Waals surface area (Å²) in [7, 11) is 1.67. The Labute approximate surface area is 178 Å². The standard InChI is InChI=1S/C21H21ClN4O2S/c1-25-18-17(19(27)24-20(25)28)26(12-11-14-5-3-2-4-6-14)21(23-18)29-13-15-7-9-16(22)10-8-15/h2-10,17-18H,11-13H2,1H3,(H,24,27,28). The molecule has 2 aromatic carbocycles. The second-order valence-electron chi connectivity index (χ2n) is 7.02. The van der Waals surface area contributed by atoms with Gasteiger partial charge < -0.3 is 9.80 Å². The Morgan fingerprint density at radius 3 is 2.52 bits per heavy atom. The first-order valence-electron chi connectivity index (χ1n) is 9.36. The lowest BCUT2D eigenvalue weighted by Gasteiger charge is -2.36. The molecule has 0 spiro atoms. The molecule has 0 bridgehead atoms. The van der Waals surface area contributed by atoms with Gasteiger partial charge in [-0.05, 0) is 29.7 Å². The number of aliphatic imine (C=N–C) groups is 1. The highest BCUT2D eigenvalue weighted by Gasteiger charge is 2.48. The molecule has 4 rings (SSSR count). The van der Waals surface area contributed by atoms with Crippen LogP contribution in [0.15, 0.2) is 59.6 Å². The van der Waals surface area contributed by atoms with E-state index in [1.807, 2.05) is 47.4 Å². The van der Waals surface area contributed by atoms with E-state index in [9.17, 15) is 9.59 Å². The summed E-state index contributed by atoms with van der Waals surface area (Å²) in [4.78, 5) is 32.9. The van der Waals surface area contributed by atoms with Crippen LogP contribution in [0, 0.1) is 0 Å². The van der Waals surface area contributed by atoms with Crippen LogP contribution < -0.4 is 5.32 Å². The van der Waals surface area contributed by atoms with Crippen molar-refractivity contribution < 1.29 is 9.59 Å². The Morgan fingerprint density at radius 1 is 1.07 bits per heavy atom. The van der Waals surface area contributed by atoms with Crippen LogP contribution in [0.2, 0.25) is 5.02 Å². The van der Waals surface area contributed by atoms with Crippen LogP contribution in [0.3, 0.4) is 0 Å².